The van der Waals surface area contributed by atoms with Crippen molar-refractivity contribution < 1.29 is 19.6 Å². The molecule has 0 radical (unpaired) electrons. The summed E-state index contributed by atoms with van der Waals surface area (Å²) in [6.45, 7) is 3.72. The van der Waals surface area contributed by atoms with Crippen LogP contribution in [0.25, 0.3) is 11.3 Å². The number of halogens is 1. The van der Waals surface area contributed by atoms with Gasteiger partial charge in [0, 0.05) is 22.2 Å². The Morgan fingerprint density at radius 2 is 1.73 bits per heavy atom. The highest BCUT2D eigenvalue weighted by molar-refractivity contribution is 7.14. The van der Waals surface area contributed by atoms with E-state index in [0.717, 1.165) is 16.0 Å². The minimum absolute atomic E-state index is 0.0462. The van der Waals surface area contributed by atoms with Crippen molar-refractivity contribution in [3.8, 4) is 11.3 Å². The van der Waals surface area contributed by atoms with Gasteiger partial charge in [0.25, 0.3) is 17.7 Å². The van der Waals surface area contributed by atoms with Crippen molar-refractivity contribution in [3.05, 3.63) is 105 Å². The third-order valence-electron chi connectivity index (χ3n) is 6.37. The highest BCUT2D eigenvalue weighted by Crippen LogP contribution is 2.33. The molecule has 1 aliphatic rings. The van der Waals surface area contributed by atoms with Crippen LogP contribution in [-0.2, 0) is 9.59 Å². The lowest BCUT2D eigenvalue weighted by Gasteiger charge is -2.21. The van der Waals surface area contributed by atoms with E-state index in [-0.39, 0.29) is 21.6 Å². The Labute approximate surface area is 237 Å². The second-order valence-electron chi connectivity index (χ2n) is 8.87. The summed E-state index contributed by atoms with van der Waals surface area (Å²) in [5.41, 5.74) is 4.36. The largest absolute Gasteiger partial charge is 0.733 e. The van der Waals surface area contributed by atoms with E-state index < -0.39 is 17.7 Å². The standard InChI is InChI=1S/C28H21ClN5O5S/c1-15-4-3-5-22(16(15)2)33-26(36)23(29)24(27(33)37)30-19-10-6-18(7-11-19)25(35)32-28-31-21(14-40-28)17-8-12-20(13-9-17)34(38)39/h3-14,30,38H,1-2H3,(H,31,32,35)/q-1. The first-order valence-corrected chi connectivity index (χ1v) is 13.1. The molecule has 0 atom stereocenters. The number of rotatable bonds is 7. The van der Waals surface area contributed by atoms with Crippen molar-refractivity contribution in [2.24, 2.45) is 0 Å². The van der Waals surface area contributed by atoms with Crippen molar-refractivity contribution in [1.29, 1.82) is 0 Å². The second kappa shape index (κ2) is 10.9. The summed E-state index contributed by atoms with van der Waals surface area (Å²) in [4.78, 5) is 44.2. The number of nitrogens with one attached hydrogen (secondary N) is 2. The molecule has 1 aliphatic heterocycles. The van der Waals surface area contributed by atoms with Crippen LogP contribution in [0, 0.1) is 19.1 Å². The smallest absolute Gasteiger partial charge is 0.283 e. The fraction of sp³-hybridized carbons (Fsp3) is 0.0714. The predicted molar refractivity (Wildman–Crippen MR) is 154 cm³/mol. The number of thiazole rings is 1. The van der Waals surface area contributed by atoms with Crippen LogP contribution in [0.4, 0.5) is 22.2 Å². The number of hydrogen-bond donors (Lipinski definition) is 3. The number of anilines is 4. The summed E-state index contributed by atoms with van der Waals surface area (Å²) < 4.78 is 0. The van der Waals surface area contributed by atoms with E-state index in [4.69, 9.17) is 16.8 Å². The molecule has 2 heterocycles. The van der Waals surface area contributed by atoms with Gasteiger partial charge in [-0.15, -0.1) is 11.3 Å². The van der Waals surface area contributed by atoms with Crippen molar-refractivity contribution in [2.45, 2.75) is 13.8 Å². The number of aryl methyl sites for hydroxylation is 1. The van der Waals surface area contributed by atoms with Crippen LogP contribution in [0.1, 0.15) is 21.5 Å². The topological polar surface area (TPSA) is 138 Å². The summed E-state index contributed by atoms with van der Waals surface area (Å²) in [7, 11) is 0. The molecule has 0 saturated carbocycles. The Kier molecular flexibility index (Phi) is 7.37. The molecule has 3 amide bonds. The van der Waals surface area contributed by atoms with Crippen LogP contribution in [0.15, 0.2) is 82.8 Å². The van der Waals surface area contributed by atoms with E-state index in [1.807, 2.05) is 19.9 Å². The Balaban J connectivity index is 1.25. The van der Waals surface area contributed by atoms with Crippen LogP contribution < -0.4 is 20.8 Å². The van der Waals surface area contributed by atoms with Gasteiger partial charge in [-0.3, -0.25) is 24.9 Å². The molecule has 10 nitrogen and oxygen atoms in total. The van der Waals surface area contributed by atoms with Gasteiger partial charge in [0.1, 0.15) is 10.7 Å². The molecule has 40 heavy (non-hydrogen) atoms. The molecule has 0 bridgehead atoms. The monoisotopic (exact) mass is 574 g/mol. The van der Waals surface area contributed by atoms with Crippen molar-refractivity contribution in [1.82, 2.24) is 4.98 Å². The Hall–Kier alpha value is -4.55. The quantitative estimate of drug-likeness (QED) is 0.186. The number of carbonyl (C=O) groups is 3. The number of nitrogens with zero attached hydrogens (tertiary/aromatic N) is 3. The van der Waals surface area contributed by atoms with Gasteiger partial charge in [-0.2, -0.15) is 0 Å². The van der Waals surface area contributed by atoms with Crippen molar-refractivity contribution in [3.63, 3.8) is 0 Å². The number of hydrogen-bond acceptors (Lipinski definition) is 9. The summed E-state index contributed by atoms with van der Waals surface area (Å²) in [5.74, 6) is -1.57. The lowest BCUT2D eigenvalue weighted by Crippen LogP contribution is -2.33. The van der Waals surface area contributed by atoms with E-state index in [0.29, 0.717) is 33.3 Å². The van der Waals surface area contributed by atoms with Gasteiger partial charge in [0.05, 0.1) is 17.1 Å². The normalized spacial score (nSPS) is 13.2. The van der Waals surface area contributed by atoms with Gasteiger partial charge in [-0.05, 0) is 67.4 Å². The maximum Gasteiger partial charge on any atom is 0.283 e. The molecular weight excluding hydrogens is 554 g/mol. The van der Waals surface area contributed by atoms with Crippen molar-refractivity contribution >= 4 is 62.9 Å². The molecule has 0 saturated heterocycles. The summed E-state index contributed by atoms with van der Waals surface area (Å²) >= 11 is 7.49. The minimum Gasteiger partial charge on any atom is -0.733 e. The maximum absolute atomic E-state index is 13.1. The van der Waals surface area contributed by atoms with Gasteiger partial charge >= 0.3 is 0 Å². The Morgan fingerprint density at radius 1 is 1.02 bits per heavy atom. The van der Waals surface area contributed by atoms with Crippen molar-refractivity contribution in [2.75, 3.05) is 20.8 Å². The lowest BCUT2D eigenvalue weighted by atomic mass is 10.1. The molecular formula is C28H21ClN5O5S-. The summed E-state index contributed by atoms with van der Waals surface area (Å²) in [5, 5.41) is 27.2. The number of benzene rings is 3. The third-order valence-corrected chi connectivity index (χ3v) is 7.48. The van der Waals surface area contributed by atoms with E-state index in [9.17, 15) is 19.6 Å². The van der Waals surface area contributed by atoms with Gasteiger partial charge < -0.3 is 15.8 Å². The van der Waals surface area contributed by atoms with Crippen LogP contribution in [0.3, 0.4) is 0 Å². The predicted octanol–water partition coefficient (Wildman–Crippen LogP) is 5.81. The number of amides is 3. The van der Waals surface area contributed by atoms with Gasteiger partial charge in [0.2, 0.25) is 0 Å². The van der Waals surface area contributed by atoms with Gasteiger partial charge in [-0.25, -0.2) is 9.88 Å². The van der Waals surface area contributed by atoms with Gasteiger partial charge in [-0.1, -0.05) is 35.9 Å². The van der Waals surface area contributed by atoms with E-state index in [2.05, 4.69) is 15.6 Å². The molecule has 202 valence electrons. The van der Waals surface area contributed by atoms with Crippen LogP contribution in [-0.4, -0.2) is 27.9 Å². The first-order valence-electron chi connectivity index (χ1n) is 11.9. The zero-order chi connectivity index (χ0) is 28.6. The second-order valence-corrected chi connectivity index (χ2v) is 10.1. The van der Waals surface area contributed by atoms with E-state index in [1.54, 1.807) is 53.9 Å². The Bertz CT molecular complexity index is 1670. The molecule has 4 aromatic rings. The number of imide groups is 1. The highest BCUT2D eigenvalue weighted by atomic mass is 35.5. The fourth-order valence-corrected chi connectivity index (χ4v) is 4.98. The molecule has 3 aromatic carbocycles. The molecule has 0 unspecified atom stereocenters. The number of carbonyl (C=O) groups excluding carboxylic acids is 3. The zero-order valence-electron chi connectivity index (χ0n) is 21.1. The molecule has 5 rings (SSSR count). The number of aromatic nitrogens is 1. The molecule has 0 aliphatic carbocycles. The fourth-order valence-electron chi connectivity index (χ4n) is 4.05. The zero-order valence-corrected chi connectivity index (χ0v) is 22.7. The maximum atomic E-state index is 13.1. The summed E-state index contributed by atoms with van der Waals surface area (Å²) in [6.07, 6.45) is 0. The summed E-state index contributed by atoms with van der Waals surface area (Å²) in [6, 6.07) is 17.8. The average molecular weight is 575 g/mol. The first kappa shape index (κ1) is 27.0. The average Bonchev–Trinajstić information content (AvgIpc) is 3.49. The van der Waals surface area contributed by atoms with Crippen LogP contribution >= 0.6 is 22.9 Å². The SMILES string of the molecule is Cc1cccc(N2C(=O)C(Cl)=C(Nc3ccc(C(=O)Nc4nc(-c5ccc(N([O-])O)cc5)cs4)cc3)C2=O)c1C. The molecule has 3 N–H and O–H groups in total. The van der Waals surface area contributed by atoms with E-state index >= 15 is 0 Å². The van der Waals surface area contributed by atoms with Gasteiger partial charge in [0.15, 0.2) is 5.13 Å². The molecule has 1 aromatic heterocycles. The highest BCUT2D eigenvalue weighted by Gasteiger charge is 2.39. The molecule has 0 spiro atoms. The molecule has 0 fully saturated rings. The van der Waals surface area contributed by atoms with Crippen LogP contribution in [0.2, 0.25) is 0 Å². The van der Waals surface area contributed by atoms with E-state index in [1.165, 1.54) is 23.5 Å². The first-order chi connectivity index (χ1) is 19.1. The van der Waals surface area contributed by atoms with Crippen LogP contribution in [0.5, 0.6) is 0 Å². The third kappa shape index (κ3) is 5.18. The Morgan fingerprint density at radius 3 is 2.40 bits per heavy atom. The lowest BCUT2D eigenvalue weighted by molar-refractivity contribution is -0.120. The minimum atomic E-state index is -0.613. The molecule has 12 heteroatoms.